The van der Waals surface area contributed by atoms with E-state index in [1.54, 1.807) is 6.07 Å². The fourth-order valence-electron chi connectivity index (χ4n) is 2.75. The molecule has 2 rings (SSSR count). The summed E-state index contributed by atoms with van der Waals surface area (Å²) in [5, 5.41) is 19.9. The molecule has 0 heterocycles. The molecule has 0 saturated heterocycles. The second-order valence-corrected chi connectivity index (χ2v) is 5.09. The fourth-order valence-corrected chi connectivity index (χ4v) is 2.75. The molecule has 0 aromatic heterocycles. The molecule has 1 aromatic carbocycles. The average Bonchev–Trinajstić information content (AvgIpc) is 2.41. The molecule has 0 radical (unpaired) electrons. The third-order valence-electron chi connectivity index (χ3n) is 3.88. The SMILES string of the molecule is N[C@H](c1cccc(F)c1O)[C@@H](O)C1CCCCC1. The van der Waals surface area contributed by atoms with Gasteiger partial charge in [0.05, 0.1) is 12.1 Å². The Bertz CT molecular complexity index is 405. The molecule has 100 valence electrons. The van der Waals surface area contributed by atoms with Gasteiger partial charge in [0, 0.05) is 5.56 Å². The Hall–Kier alpha value is -1.13. The van der Waals surface area contributed by atoms with Gasteiger partial charge in [-0.3, -0.25) is 0 Å². The zero-order chi connectivity index (χ0) is 13.1. The van der Waals surface area contributed by atoms with E-state index in [9.17, 15) is 14.6 Å². The number of phenols is 1. The molecule has 2 atom stereocenters. The smallest absolute Gasteiger partial charge is 0.165 e. The lowest BCUT2D eigenvalue weighted by atomic mass is 9.81. The zero-order valence-corrected chi connectivity index (χ0v) is 10.3. The van der Waals surface area contributed by atoms with Crippen molar-refractivity contribution in [2.45, 2.75) is 44.2 Å². The Morgan fingerprint density at radius 2 is 1.89 bits per heavy atom. The van der Waals surface area contributed by atoms with Gasteiger partial charge < -0.3 is 15.9 Å². The Morgan fingerprint density at radius 3 is 2.56 bits per heavy atom. The summed E-state index contributed by atoms with van der Waals surface area (Å²) < 4.78 is 13.3. The lowest BCUT2D eigenvalue weighted by molar-refractivity contribution is 0.0609. The average molecular weight is 253 g/mol. The van der Waals surface area contributed by atoms with Gasteiger partial charge in [0.15, 0.2) is 11.6 Å². The van der Waals surface area contributed by atoms with Crippen molar-refractivity contribution in [2.75, 3.05) is 0 Å². The topological polar surface area (TPSA) is 66.5 Å². The van der Waals surface area contributed by atoms with Gasteiger partial charge in [0.25, 0.3) is 0 Å². The zero-order valence-electron chi connectivity index (χ0n) is 10.3. The van der Waals surface area contributed by atoms with Crippen LogP contribution in [0.1, 0.15) is 43.7 Å². The predicted octanol–water partition coefficient (Wildman–Crippen LogP) is 2.47. The van der Waals surface area contributed by atoms with Crippen molar-refractivity contribution in [1.82, 2.24) is 0 Å². The van der Waals surface area contributed by atoms with E-state index in [1.165, 1.54) is 18.6 Å². The Kier molecular flexibility index (Phi) is 4.19. The highest BCUT2D eigenvalue weighted by Gasteiger charge is 2.29. The highest BCUT2D eigenvalue weighted by atomic mass is 19.1. The molecule has 4 heteroatoms. The van der Waals surface area contributed by atoms with E-state index in [0.29, 0.717) is 0 Å². The van der Waals surface area contributed by atoms with Crippen molar-refractivity contribution in [3.8, 4) is 5.75 Å². The van der Waals surface area contributed by atoms with Crippen molar-refractivity contribution >= 4 is 0 Å². The van der Waals surface area contributed by atoms with Crippen LogP contribution in [0.5, 0.6) is 5.75 Å². The van der Waals surface area contributed by atoms with Crippen LogP contribution in [0.15, 0.2) is 18.2 Å². The van der Waals surface area contributed by atoms with E-state index in [4.69, 9.17) is 5.73 Å². The van der Waals surface area contributed by atoms with Crippen molar-refractivity contribution in [1.29, 1.82) is 0 Å². The standard InChI is InChI=1S/C14H20FNO2/c15-11-8-4-7-10(14(11)18)12(16)13(17)9-5-2-1-3-6-9/h4,7-9,12-13,17-18H,1-3,5-6,16H2/t12-,13+/m1/s1. The summed E-state index contributed by atoms with van der Waals surface area (Å²) in [7, 11) is 0. The highest BCUT2D eigenvalue weighted by molar-refractivity contribution is 5.36. The van der Waals surface area contributed by atoms with Gasteiger partial charge in [0.2, 0.25) is 0 Å². The number of benzene rings is 1. The first kappa shape index (κ1) is 13.3. The molecule has 0 spiro atoms. The van der Waals surface area contributed by atoms with Gasteiger partial charge in [-0.15, -0.1) is 0 Å². The summed E-state index contributed by atoms with van der Waals surface area (Å²) >= 11 is 0. The van der Waals surface area contributed by atoms with Crippen LogP contribution in [0.4, 0.5) is 4.39 Å². The van der Waals surface area contributed by atoms with Gasteiger partial charge in [-0.1, -0.05) is 31.4 Å². The summed E-state index contributed by atoms with van der Waals surface area (Å²) in [5.41, 5.74) is 6.25. The molecule has 1 aliphatic carbocycles. The molecule has 1 fully saturated rings. The van der Waals surface area contributed by atoms with Crippen LogP contribution in [-0.4, -0.2) is 16.3 Å². The fraction of sp³-hybridized carbons (Fsp3) is 0.571. The second-order valence-electron chi connectivity index (χ2n) is 5.09. The molecule has 1 saturated carbocycles. The van der Waals surface area contributed by atoms with Gasteiger partial charge in [-0.2, -0.15) is 0 Å². The third-order valence-corrected chi connectivity index (χ3v) is 3.88. The maximum atomic E-state index is 13.3. The number of phenolic OH excluding ortho intramolecular Hbond substituents is 1. The third kappa shape index (κ3) is 2.65. The predicted molar refractivity (Wildman–Crippen MR) is 67.6 cm³/mol. The molecule has 18 heavy (non-hydrogen) atoms. The van der Waals surface area contributed by atoms with Gasteiger partial charge >= 0.3 is 0 Å². The van der Waals surface area contributed by atoms with Crippen molar-refractivity contribution in [2.24, 2.45) is 11.7 Å². The highest BCUT2D eigenvalue weighted by Crippen LogP contribution is 2.34. The summed E-state index contributed by atoms with van der Waals surface area (Å²) in [6.45, 7) is 0. The second kappa shape index (κ2) is 5.67. The van der Waals surface area contributed by atoms with Crippen LogP contribution in [0.2, 0.25) is 0 Å². The molecule has 3 nitrogen and oxygen atoms in total. The minimum atomic E-state index is -0.733. The van der Waals surface area contributed by atoms with Gasteiger partial charge in [0.1, 0.15) is 0 Å². The van der Waals surface area contributed by atoms with Crippen LogP contribution < -0.4 is 5.73 Å². The van der Waals surface area contributed by atoms with Crippen LogP contribution in [0.25, 0.3) is 0 Å². The Morgan fingerprint density at radius 1 is 1.22 bits per heavy atom. The Balaban J connectivity index is 2.14. The number of rotatable bonds is 3. The maximum Gasteiger partial charge on any atom is 0.165 e. The summed E-state index contributed by atoms with van der Waals surface area (Å²) in [4.78, 5) is 0. The van der Waals surface area contributed by atoms with Gasteiger partial charge in [-0.25, -0.2) is 4.39 Å². The van der Waals surface area contributed by atoms with E-state index < -0.39 is 23.7 Å². The molecular formula is C14H20FNO2. The molecule has 0 aliphatic heterocycles. The number of para-hydroxylation sites is 1. The van der Waals surface area contributed by atoms with Crippen molar-refractivity contribution in [3.05, 3.63) is 29.6 Å². The lowest BCUT2D eigenvalue weighted by Gasteiger charge is -2.30. The van der Waals surface area contributed by atoms with E-state index in [0.717, 1.165) is 25.7 Å². The van der Waals surface area contributed by atoms with Gasteiger partial charge in [-0.05, 0) is 24.8 Å². The van der Waals surface area contributed by atoms with E-state index in [1.807, 2.05) is 0 Å². The number of aromatic hydroxyl groups is 1. The number of nitrogens with two attached hydrogens (primary N) is 1. The maximum absolute atomic E-state index is 13.3. The molecule has 1 aliphatic rings. The summed E-state index contributed by atoms with van der Waals surface area (Å²) in [6, 6.07) is 3.51. The minimum absolute atomic E-state index is 0.149. The van der Waals surface area contributed by atoms with Crippen LogP contribution in [0.3, 0.4) is 0 Å². The van der Waals surface area contributed by atoms with Crippen molar-refractivity contribution < 1.29 is 14.6 Å². The van der Waals surface area contributed by atoms with Crippen LogP contribution in [-0.2, 0) is 0 Å². The first-order chi connectivity index (χ1) is 8.61. The quantitative estimate of drug-likeness (QED) is 0.775. The molecule has 0 amide bonds. The van der Waals surface area contributed by atoms with E-state index in [-0.39, 0.29) is 11.5 Å². The molecule has 4 N–H and O–H groups in total. The lowest BCUT2D eigenvalue weighted by Crippen LogP contribution is -2.34. The number of aliphatic hydroxyl groups is 1. The number of halogens is 1. The minimum Gasteiger partial charge on any atom is -0.505 e. The molecule has 0 bridgehead atoms. The monoisotopic (exact) mass is 253 g/mol. The largest absolute Gasteiger partial charge is 0.505 e. The number of hydrogen-bond donors (Lipinski definition) is 3. The van der Waals surface area contributed by atoms with E-state index in [2.05, 4.69) is 0 Å². The van der Waals surface area contributed by atoms with Crippen molar-refractivity contribution in [3.63, 3.8) is 0 Å². The normalized spacial score (nSPS) is 20.6. The molecule has 1 aromatic rings. The first-order valence-corrected chi connectivity index (χ1v) is 6.52. The first-order valence-electron chi connectivity index (χ1n) is 6.52. The van der Waals surface area contributed by atoms with E-state index >= 15 is 0 Å². The summed E-state index contributed by atoms with van der Waals surface area (Å²) in [5.74, 6) is -0.991. The molecular weight excluding hydrogens is 233 g/mol. The van der Waals surface area contributed by atoms with Crippen LogP contribution in [0, 0.1) is 11.7 Å². The number of aliphatic hydroxyl groups excluding tert-OH is 1. The summed E-state index contributed by atoms with van der Waals surface area (Å²) in [6.07, 6.45) is 4.57. The molecule has 0 unspecified atom stereocenters. The van der Waals surface area contributed by atoms with Crippen LogP contribution >= 0.6 is 0 Å². The number of hydrogen-bond acceptors (Lipinski definition) is 3. The Labute approximate surface area is 106 Å².